The Bertz CT molecular complexity index is 1140. The van der Waals surface area contributed by atoms with Gasteiger partial charge in [0.1, 0.15) is 0 Å². The van der Waals surface area contributed by atoms with Gasteiger partial charge < -0.3 is 4.57 Å². The third kappa shape index (κ3) is 4.31. The molecule has 0 unspecified atom stereocenters. The molecule has 0 bridgehead atoms. The van der Waals surface area contributed by atoms with Gasteiger partial charge in [-0.05, 0) is 36.4 Å². The summed E-state index contributed by atoms with van der Waals surface area (Å²) >= 11 is 0. The summed E-state index contributed by atoms with van der Waals surface area (Å²) in [6.07, 6.45) is 3.56. The molecule has 0 aliphatic carbocycles. The first-order valence-electron chi connectivity index (χ1n) is 8.46. The Labute approximate surface area is 164 Å². The van der Waals surface area contributed by atoms with E-state index in [1.165, 1.54) is 14.1 Å². The SMILES string of the molecule is CN(C)S(=O)(=O)NC(=O)c1cccc(C#Cc2ccccc2)c1-n1cccc1. The molecule has 7 heteroatoms. The van der Waals surface area contributed by atoms with Crippen LogP contribution in [-0.4, -0.2) is 37.3 Å². The summed E-state index contributed by atoms with van der Waals surface area (Å²) in [7, 11) is -1.21. The summed E-state index contributed by atoms with van der Waals surface area (Å²) in [4.78, 5) is 12.7. The number of rotatable bonds is 4. The Hall–Kier alpha value is -3.34. The lowest BCUT2D eigenvalue weighted by Crippen LogP contribution is -2.39. The molecule has 142 valence electrons. The monoisotopic (exact) mass is 393 g/mol. The molecule has 0 saturated carbocycles. The van der Waals surface area contributed by atoms with Gasteiger partial charge in [0.05, 0.1) is 11.3 Å². The van der Waals surface area contributed by atoms with Crippen molar-refractivity contribution in [1.29, 1.82) is 0 Å². The molecule has 28 heavy (non-hydrogen) atoms. The molecule has 1 aromatic heterocycles. The Morgan fingerprint density at radius 2 is 1.61 bits per heavy atom. The molecule has 6 nitrogen and oxygen atoms in total. The van der Waals surface area contributed by atoms with Crippen molar-refractivity contribution >= 4 is 16.1 Å². The van der Waals surface area contributed by atoms with Crippen LogP contribution in [0.3, 0.4) is 0 Å². The molecule has 1 heterocycles. The van der Waals surface area contributed by atoms with Crippen molar-refractivity contribution in [1.82, 2.24) is 13.6 Å². The minimum absolute atomic E-state index is 0.210. The first kappa shape index (κ1) is 19.4. The summed E-state index contributed by atoms with van der Waals surface area (Å²) in [5, 5.41) is 0. The second-order valence-electron chi connectivity index (χ2n) is 6.13. The molecule has 0 radical (unpaired) electrons. The number of hydrogen-bond acceptors (Lipinski definition) is 3. The Balaban J connectivity index is 2.09. The van der Waals surface area contributed by atoms with Gasteiger partial charge in [0, 0.05) is 37.6 Å². The van der Waals surface area contributed by atoms with E-state index in [2.05, 4.69) is 16.6 Å². The predicted octanol–water partition coefficient (Wildman–Crippen LogP) is 2.41. The minimum Gasteiger partial charge on any atom is -0.322 e. The first-order valence-corrected chi connectivity index (χ1v) is 9.90. The van der Waals surface area contributed by atoms with Gasteiger partial charge in [-0.15, -0.1) is 0 Å². The van der Waals surface area contributed by atoms with E-state index in [1.807, 2.05) is 42.5 Å². The maximum Gasteiger partial charge on any atom is 0.303 e. The molecular formula is C21H19N3O3S. The number of nitrogens with zero attached hydrogens (tertiary/aromatic N) is 2. The molecule has 3 rings (SSSR count). The van der Waals surface area contributed by atoms with Crippen LogP contribution < -0.4 is 4.72 Å². The van der Waals surface area contributed by atoms with Crippen LogP contribution in [0.15, 0.2) is 73.1 Å². The van der Waals surface area contributed by atoms with Crippen LogP contribution in [0.4, 0.5) is 0 Å². The summed E-state index contributed by atoms with van der Waals surface area (Å²) in [6, 6.07) is 18.2. The molecule has 0 aliphatic rings. The van der Waals surface area contributed by atoms with Gasteiger partial charge in [0.25, 0.3) is 5.91 Å². The van der Waals surface area contributed by atoms with Crippen LogP contribution in [0.5, 0.6) is 0 Å². The Morgan fingerprint density at radius 3 is 2.25 bits per heavy atom. The maximum atomic E-state index is 12.7. The van der Waals surface area contributed by atoms with Gasteiger partial charge in [-0.25, -0.2) is 4.72 Å². The van der Waals surface area contributed by atoms with Gasteiger partial charge >= 0.3 is 10.2 Å². The number of nitrogens with one attached hydrogen (secondary N) is 1. The van der Waals surface area contributed by atoms with Gasteiger partial charge in [-0.1, -0.05) is 36.1 Å². The van der Waals surface area contributed by atoms with E-state index in [0.717, 1.165) is 9.87 Å². The van der Waals surface area contributed by atoms with E-state index >= 15 is 0 Å². The average Bonchev–Trinajstić information content (AvgIpc) is 3.20. The van der Waals surface area contributed by atoms with E-state index < -0.39 is 16.1 Å². The minimum atomic E-state index is -3.91. The van der Waals surface area contributed by atoms with E-state index in [0.29, 0.717) is 11.3 Å². The van der Waals surface area contributed by atoms with E-state index in [9.17, 15) is 13.2 Å². The fourth-order valence-electron chi connectivity index (χ4n) is 2.51. The molecule has 1 amide bonds. The first-order chi connectivity index (χ1) is 13.4. The number of para-hydroxylation sites is 1. The summed E-state index contributed by atoms with van der Waals surface area (Å²) in [5.41, 5.74) is 2.17. The van der Waals surface area contributed by atoms with Crippen molar-refractivity contribution < 1.29 is 13.2 Å². The zero-order chi connectivity index (χ0) is 20.1. The molecule has 0 spiro atoms. The molecule has 0 fully saturated rings. The lowest BCUT2D eigenvalue weighted by atomic mass is 10.1. The van der Waals surface area contributed by atoms with Crippen molar-refractivity contribution in [2.75, 3.05) is 14.1 Å². The van der Waals surface area contributed by atoms with Crippen LogP contribution in [0, 0.1) is 11.8 Å². The van der Waals surface area contributed by atoms with E-state index in [-0.39, 0.29) is 5.56 Å². The lowest BCUT2D eigenvalue weighted by Gasteiger charge is -2.15. The maximum absolute atomic E-state index is 12.7. The normalized spacial score (nSPS) is 11.0. The molecule has 3 aromatic rings. The number of benzene rings is 2. The Morgan fingerprint density at radius 1 is 0.929 bits per heavy atom. The van der Waals surface area contributed by atoms with Gasteiger partial charge in [-0.2, -0.15) is 12.7 Å². The largest absolute Gasteiger partial charge is 0.322 e. The van der Waals surface area contributed by atoms with Crippen LogP contribution >= 0.6 is 0 Å². The van der Waals surface area contributed by atoms with Gasteiger partial charge in [0.15, 0.2) is 0 Å². The fraction of sp³-hybridized carbons (Fsp3) is 0.0952. The number of hydrogen-bond donors (Lipinski definition) is 1. The van der Waals surface area contributed by atoms with Crippen LogP contribution in [0.2, 0.25) is 0 Å². The summed E-state index contributed by atoms with van der Waals surface area (Å²) in [6.45, 7) is 0. The second kappa shape index (κ2) is 8.13. The predicted molar refractivity (Wildman–Crippen MR) is 108 cm³/mol. The van der Waals surface area contributed by atoms with Crippen LogP contribution in [0.25, 0.3) is 5.69 Å². The lowest BCUT2D eigenvalue weighted by molar-refractivity contribution is 0.0979. The molecule has 1 N–H and O–H groups in total. The zero-order valence-electron chi connectivity index (χ0n) is 15.5. The standard InChI is InChI=1S/C21H19N3O3S/c1-23(2)28(26,27)22-21(25)19-12-8-11-18(20(19)24-15-6-7-16-24)14-13-17-9-4-3-5-10-17/h3-12,15-16H,1-2H3,(H,22,25). The third-order valence-electron chi connectivity index (χ3n) is 3.96. The van der Waals surface area contributed by atoms with Crippen LogP contribution in [-0.2, 0) is 10.2 Å². The van der Waals surface area contributed by atoms with Gasteiger partial charge in [0.2, 0.25) is 0 Å². The topological polar surface area (TPSA) is 71.4 Å². The van der Waals surface area contributed by atoms with Crippen molar-refractivity contribution in [2.24, 2.45) is 0 Å². The fourth-order valence-corrected chi connectivity index (χ4v) is 3.04. The average molecular weight is 393 g/mol. The van der Waals surface area contributed by atoms with Crippen molar-refractivity contribution in [3.05, 3.63) is 89.7 Å². The van der Waals surface area contributed by atoms with Crippen molar-refractivity contribution in [2.45, 2.75) is 0 Å². The quantitative estimate of drug-likeness (QED) is 0.692. The highest BCUT2D eigenvalue weighted by atomic mass is 32.2. The highest BCUT2D eigenvalue weighted by Gasteiger charge is 2.22. The Kier molecular flexibility index (Phi) is 5.64. The third-order valence-corrected chi connectivity index (χ3v) is 5.37. The van der Waals surface area contributed by atoms with E-state index in [1.54, 1.807) is 35.2 Å². The smallest absolute Gasteiger partial charge is 0.303 e. The molecular weight excluding hydrogens is 374 g/mol. The molecule has 0 aliphatic heterocycles. The van der Waals surface area contributed by atoms with Crippen LogP contribution in [0.1, 0.15) is 21.5 Å². The number of aromatic nitrogens is 1. The highest BCUT2D eigenvalue weighted by molar-refractivity contribution is 7.87. The summed E-state index contributed by atoms with van der Waals surface area (Å²) < 4.78 is 28.9. The van der Waals surface area contributed by atoms with E-state index in [4.69, 9.17) is 0 Å². The summed E-state index contributed by atoms with van der Waals surface area (Å²) in [5.74, 6) is 5.44. The molecule has 0 saturated heterocycles. The second-order valence-corrected chi connectivity index (χ2v) is 8.01. The molecule has 2 aromatic carbocycles. The highest BCUT2D eigenvalue weighted by Crippen LogP contribution is 2.20. The van der Waals surface area contributed by atoms with Crippen molar-refractivity contribution in [3.8, 4) is 17.5 Å². The van der Waals surface area contributed by atoms with Gasteiger partial charge in [-0.3, -0.25) is 4.79 Å². The number of carbonyl (C=O) groups is 1. The number of carbonyl (C=O) groups excluding carboxylic acids is 1. The van der Waals surface area contributed by atoms with Crippen molar-refractivity contribution in [3.63, 3.8) is 0 Å². The zero-order valence-corrected chi connectivity index (χ0v) is 16.3. The number of amides is 1. The molecule has 0 atom stereocenters.